The number of halogens is 2. The van der Waals surface area contributed by atoms with Gasteiger partial charge in [-0.2, -0.15) is 0 Å². The van der Waals surface area contributed by atoms with E-state index in [1.165, 1.54) is 6.07 Å². The van der Waals surface area contributed by atoms with Gasteiger partial charge < -0.3 is 23.8 Å². The van der Waals surface area contributed by atoms with Crippen LogP contribution in [-0.4, -0.2) is 30.0 Å². The molecule has 2 heterocycles. The number of hydrogen-bond donors (Lipinski definition) is 1. The smallest absolute Gasteiger partial charge is 0.320 e. The standard InChI is InChI=1S/C37H36ClFN4O3Si/c1-37(2,3)47(25-12-8-6-9-13-25,26-14-10-7-11-15-26)46-33-23-32(29(39)21-28(33)38)42-30-16-17-40-31-22-35(34(44-5)20-27(30)31)45-24-36-41-18-19-43(36)4/h6-23H,24H2,1-5H3,(H,40,42). The Hall–Kier alpha value is -4.86. The van der Waals surface area contributed by atoms with Crippen molar-refractivity contribution in [3.63, 3.8) is 0 Å². The first-order valence-electron chi connectivity index (χ1n) is 15.2. The number of nitrogens with one attached hydrogen (secondary N) is 1. The van der Waals surface area contributed by atoms with E-state index in [-0.39, 0.29) is 22.4 Å². The number of imidazole rings is 1. The molecular weight excluding hydrogens is 631 g/mol. The van der Waals surface area contributed by atoms with E-state index >= 15 is 4.39 Å². The molecule has 0 aliphatic carbocycles. The number of aryl methyl sites for hydroxylation is 1. The van der Waals surface area contributed by atoms with E-state index in [9.17, 15) is 0 Å². The Morgan fingerprint density at radius 1 is 0.830 bits per heavy atom. The van der Waals surface area contributed by atoms with Gasteiger partial charge in [0.1, 0.15) is 24.0 Å². The van der Waals surface area contributed by atoms with Crippen molar-refractivity contribution in [3.8, 4) is 17.2 Å². The van der Waals surface area contributed by atoms with E-state index in [2.05, 4.69) is 60.3 Å². The van der Waals surface area contributed by atoms with Crippen LogP contribution in [0, 0.1) is 5.82 Å². The summed E-state index contributed by atoms with van der Waals surface area (Å²) in [5.74, 6) is 1.67. The van der Waals surface area contributed by atoms with E-state index in [0.717, 1.165) is 21.6 Å². The highest BCUT2D eigenvalue weighted by Crippen LogP contribution is 2.42. The molecule has 4 aromatic carbocycles. The zero-order chi connectivity index (χ0) is 33.2. The first-order chi connectivity index (χ1) is 22.6. The monoisotopic (exact) mass is 666 g/mol. The first kappa shape index (κ1) is 32.1. The molecule has 47 heavy (non-hydrogen) atoms. The molecule has 0 amide bonds. The third kappa shape index (κ3) is 6.28. The van der Waals surface area contributed by atoms with Crippen LogP contribution in [0.5, 0.6) is 17.2 Å². The lowest BCUT2D eigenvalue weighted by Crippen LogP contribution is -2.68. The Bertz CT molecular complexity index is 1980. The molecule has 0 spiro atoms. The van der Waals surface area contributed by atoms with Gasteiger partial charge in [-0.05, 0) is 33.6 Å². The van der Waals surface area contributed by atoms with Crippen molar-refractivity contribution in [1.29, 1.82) is 0 Å². The zero-order valence-corrected chi connectivity index (χ0v) is 28.7. The minimum absolute atomic E-state index is 0.191. The molecule has 10 heteroatoms. The highest BCUT2D eigenvalue weighted by Gasteiger charge is 2.52. The van der Waals surface area contributed by atoms with Gasteiger partial charge >= 0.3 is 8.32 Å². The lowest BCUT2D eigenvalue weighted by Gasteiger charge is -2.43. The summed E-state index contributed by atoms with van der Waals surface area (Å²) in [6.07, 6.45) is 5.24. The molecule has 6 rings (SSSR count). The molecule has 0 saturated heterocycles. The number of methoxy groups -OCH3 is 1. The molecule has 2 aromatic heterocycles. The van der Waals surface area contributed by atoms with E-state index in [4.69, 9.17) is 25.5 Å². The summed E-state index contributed by atoms with van der Waals surface area (Å²) in [5.41, 5.74) is 1.48. The second-order valence-electron chi connectivity index (χ2n) is 12.3. The topological polar surface area (TPSA) is 70.4 Å². The molecule has 0 aliphatic heterocycles. The van der Waals surface area contributed by atoms with E-state index in [0.29, 0.717) is 28.5 Å². The van der Waals surface area contributed by atoms with Gasteiger partial charge in [0.25, 0.3) is 0 Å². The highest BCUT2D eigenvalue weighted by molar-refractivity contribution is 7.00. The zero-order valence-electron chi connectivity index (χ0n) is 26.9. The van der Waals surface area contributed by atoms with Gasteiger partial charge in [-0.3, -0.25) is 4.98 Å². The summed E-state index contributed by atoms with van der Waals surface area (Å²) >= 11 is 6.75. The van der Waals surface area contributed by atoms with Crippen molar-refractivity contribution in [2.45, 2.75) is 32.4 Å². The van der Waals surface area contributed by atoms with Crippen molar-refractivity contribution in [2.75, 3.05) is 12.4 Å². The van der Waals surface area contributed by atoms with Crippen molar-refractivity contribution in [3.05, 3.63) is 126 Å². The summed E-state index contributed by atoms with van der Waals surface area (Å²) in [4.78, 5) is 8.87. The third-order valence-electron chi connectivity index (χ3n) is 8.28. The fourth-order valence-electron chi connectivity index (χ4n) is 5.88. The summed E-state index contributed by atoms with van der Waals surface area (Å²) in [6.45, 7) is 6.80. The van der Waals surface area contributed by atoms with Gasteiger partial charge in [0, 0.05) is 48.8 Å². The summed E-state index contributed by atoms with van der Waals surface area (Å²) in [6, 6.07) is 28.8. The minimum Gasteiger partial charge on any atom is -0.533 e. The SMILES string of the molecule is COc1cc2c(Nc3cc(O[Si](c4ccccc4)(c4ccccc4)C(C)(C)C)c(Cl)cc3F)ccnc2cc1OCc1nccn1C. The molecule has 240 valence electrons. The average molecular weight is 667 g/mol. The molecule has 0 fully saturated rings. The largest absolute Gasteiger partial charge is 0.533 e. The van der Waals surface area contributed by atoms with Gasteiger partial charge in [-0.1, -0.05) is 93.0 Å². The van der Waals surface area contributed by atoms with E-state index in [1.807, 2.05) is 60.3 Å². The Morgan fingerprint density at radius 3 is 2.11 bits per heavy atom. The number of ether oxygens (including phenoxy) is 2. The maximum absolute atomic E-state index is 15.6. The normalized spacial score (nSPS) is 11.8. The second kappa shape index (κ2) is 13.1. The van der Waals surface area contributed by atoms with E-state index in [1.54, 1.807) is 37.7 Å². The fraction of sp³-hybridized carbons (Fsp3) is 0.189. The van der Waals surface area contributed by atoms with E-state index < -0.39 is 14.1 Å². The molecule has 6 aromatic rings. The molecule has 0 atom stereocenters. The van der Waals surface area contributed by atoms with Gasteiger partial charge in [0.05, 0.1) is 23.3 Å². The molecule has 0 bridgehead atoms. The van der Waals surface area contributed by atoms with Gasteiger partial charge in [0.15, 0.2) is 11.5 Å². The van der Waals surface area contributed by atoms with Crippen molar-refractivity contribution < 1.29 is 18.3 Å². The number of benzene rings is 4. The van der Waals surface area contributed by atoms with Crippen LogP contribution < -0.4 is 29.6 Å². The van der Waals surface area contributed by atoms with Crippen molar-refractivity contribution in [2.24, 2.45) is 7.05 Å². The Kier molecular flexibility index (Phi) is 8.94. The van der Waals surface area contributed by atoms with Crippen LogP contribution in [0.3, 0.4) is 0 Å². The number of pyridine rings is 1. The fourth-order valence-corrected chi connectivity index (χ4v) is 10.6. The maximum atomic E-state index is 15.6. The molecule has 1 N–H and O–H groups in total. The summed E-state index contributed by atoms with van der Waals surface area (Å²) in [7, 11) is 0.453. The van der Waals surface area contributed by atoms with Gasteiger partial charge in [-0.15, -0.1) is 0 Å². The number of fused-ring (bicyclic) bond motifs is 1. The van der Waals surface area contributed by atoms with Gasteiger partial charge in [-0.25, -0.2) is 9.37 Å². The number of hydrogen-bond acceptors (Lipinski definition) is 6. The Labute approximate surface area is 280 Å². The predicted octanol–water partition coefficient (Wildman–Crippen LogP) is 8.03. The van der Waals surface area contributed by atoms with Crippen LogP contribution in [-0.2, 0) is 13.7 Å². The third-order valence-corrected chi connectivity index (χ3v) is 13.5. The lowest BCUT2D eigenvalue weighted by atomic mass is 10.1. The predicted molar refractivity (Wildman–Crippen MR) is 189 cm³/mol. The summed E-state index contributed by atoms with van der Waals surface area (Å²) < 4.78 is 36.4. The van der Waals surface area contributed by atoms with Crippen LogP contribution in [0.4, 0.5) is 15.8 Å². The quantitative estimate of drug-likeness (QED) is 0.149. The lowest BCUT2D eigenvalue weighted by molar-refractivity contribution is 0.273. The molecule has 0 radical (unpaired) electrons. The number of nitrogens with zero attached hydrogens (tertiary/aromatic N) is 3. The highest BCUT2D eigenvalue weighted by atomic mass is 35.5. The molecule has 0 aliphatic rings. The first-order valence-corrected chi connectivity index (χ1v) is 17.5. The average Bonchev–Trinajstić information content (AvgIpc) is 3.48. The van der Waals surface area contributed by atoms with Crippen LogP contribution in [0.1, 0.15) is 26.6 Å². The molecule has 0 saturated carbocycles. The summed E-state index contributed by atoms with van der Waals surface area (Å²) in [5, 5.41) is 6.04. The molecule has 7 nitrogen and oxygen atoms in total. The van der Waals surface area contributed by atoms with Gasteiger partial charge in [0.2, 0.25) is 0 Å². The Balaban J connectivity index is 1.39. The molecular formula is C37H36ClFN4O3Si. The van der Waals surface area contributed by atoms with Crippen molar-refractivity contribution in [1.82, 2.24) is 14.5 Å². The van der Waals surface area contributed by atoms with Crippen LogP contribution in [0.2, 0.25) is 10.1 Å². The van der Waals surface area contributed by atoms with Crippen LogP contribution in [0.15, 0.2) is 110 Å². The maximum Gasteiger partial charge on any atom is 0.320 e. The van der Waals surface area contributed by atoms with Crippen LogP contribution >= 0.6 is 11.6 Å². The minimum atomic E-state index is -3.03. The number of anilines is 2. The Morgan fingerprint density at radius 2 is 1.51 bits per heavy atom. The van der Waals surface area contributed by atoms with Crippen LogP contribution in [0.25, 0.3) is 10.9 Å². The van der Waals surface area contributed by atoms with Crippen molar-refractivity contribution >= 4 is 52.6 Å². The second-order valence-corrected chi connectivity index (χ2v) is 16.9. The number of aromatic nitrogens is 3. The molecule has 0 unspecified atom stereocenters. The number of rotatable bonds is 10.